The van der Waals surface area contributed by atoms with Crippen molar-refractivity contribution in [3.8, 4) is 0 Å². The molecule has 0 aromatic heterocycles. The molecule has 6 heteroatoms. The molecule has 0 saturated carbocycles. The van der Waals surface area contributed by atoms with Gasteiger partial charge in [-0.3, -0.25) is 4.79 Å². The Morgan fingerprint density at radius 2 is 2.00 bits per heavy atom. The first-order chi connectivity index (χ1) is 7.22. The molecular formula is C10H20N2O4. The summed E-state index contributed by atoms with van der Waals surface area (Å²) in [5.41, 5.74) is 5.31. The van der Waals surface area contributed by atoms with Gasteiger partial charge >= 0.3 is 5.97 Å². The molecule has 0 radical (unpaired) electrons. The van der Waals surface area contributed by atoms with Crippen molar-refractivity contribution >= 4 is 11.9 Å². The van der Waals surface area contributed by atoms with E-state index in [9.17, 15) is 9.59 Å². The minimum Gasteiger partial charge on any atom is -0.479 e. The molecule has 94 valence electrons. The van der Waals surface area contributed by atoms with Crippen LogP contribution in [0.1, 0.15) is 33.1 Å². The van der Waals surface area contributed by atoms with Gasteiger partial charge in [0, 0.05) is 24.9 Å². The molecule has 16 heavy (non-hydrogen) atoms. The van der Waals surface area contributed by atoms with Gasteiger partial charge in [-0.05, 0) is 20.3 Å². The minimum atomic E-state index is -1.42. The molecule has 0 spiro atoms. The predicted octanol–water partition coefficient (Wildman–Crippen LogP) is -0.544. The monoisotopic (exact) mass is 232 g/mol. The standard InChI is InChI=1S/C10H20N2O4/c1-10(2,11)5-3-8(14)12-6-4-7(13)9(15)16/h7,13H,3-6,11H2,1-2H3,(H,12,14)(H,15,16)/t7-/m0/s1. The van der Waals surface area contributed by atoms with Crippen molar-refractivity contribution in [1.82, 2.24) is 5.32 Å². The number of amides is 1. The highest BCUT2D eigenvalue weighted by atomic mass is 16.4. The second-order valence-electron chi connectivity index (χ2n) is 4.48. The van der Waals surface area contributed by atoms with E-state index in [1.807, 2.05) is 13.8 Å². The zero-order valence-corrected chi connectivity index (χ0v) is 9.69. The zero-order chi connectivity index (χ0) is 12.8. The molecule has 0 unspecified atom stereocenters. The lowest BCUT2D eigenvalue weighted by Crippen LogP contribution is -2.35. The first-order valence-electron chi connectivity index (χ1n) is 5.19. The fraction of sp³-hybridized carbons (Fsp3) is 0.800. The Morgan fingerprint density at radius 3 is 2.44 bits per heavy atom. The number of nitrogens with one attached hydrogen (secondary N) is 1. The number of aliphatic hydroxyl groups excluding tert-OH is 1. The lowest BCUT2D eigenvalue weighted by molar-refractivity contribution is -0.147. The normalized spacial score (nSPS) is 13.2. The van der Waals surface area contributed by atoms with Crippen LogP contribution in [0.15, 0.2) is 0 Å². The van der Waals surface area contributed by atoms with Crippen LogP contribution in [0, 0.1) is 0 Å². The van der Waals surface area contributed by atoms with E-state index in [2.05, 4.69) is 5.32 Å². The Bertz CT molecular complexity index is 248. The third kappa shape index (κ3) is 8.19. The number of rotatable bonds is 7. The van der Waals surface area contributed by atoms with E-state index in [0.717, 1.165) is 0 Å². The van der Waals surface area contributed by atoms with Crippen molar-refractivity contribution in [1.29, 1.82) is 0 Å². The average molecular weight is 232 g/mol. The molecule has 0 heterocycles. The summed E-state index contributed by atoms with van der Waals surface area (Å²) >= 11 is 0. The smallest absolute Gasteiger partial charge is 0.332 e. The van der Waals surface area contributed by atoms with Gasteiger partial charge in [0.2, 0.25) is 5.91 Å². The summed E-state index contributed by atoms with van der Waals surface area (Å²) in [6, 6.07) is 0. The van der Waals surface area contributed by atoms with Crippen LogP contribution in [0.4, 0.5) is 0 Å². The van der Waals surface area contributed by atoms with Crippen molar-refractivity contribution in [3.63, 3.8) is 0 Å². The first-order valence-corrected chi connectivity index (χ1v) is 5.19. The molecule has 0 saturated heterocycles. The van der Waals surface area contributed by atoms with Crippen molar-refractivity contribution in [2.75, 3.05) is 6.54 Å². The Balaban J connectivity index is 3.63. The van der Waals surface area contributed by atoms with Crippen molar-refractivity contribution in [2.24, 2.45) is 5.73 Å². The van der Waals surface area contributed by atoms with E-state index in [-0.39, 0.29) is 18.9 Å². The molecule has 0 aromatic rings. The third-order valence-electron chi connectivity index (χ3n) is 2.02. The van der Waals surface area contributed by atoms with Crippen LogP contribution in [-0.2, 0) is 9.59 Å². The lowest BCUT2D eigenvalue weighted by Gasteiger charge is -2.17. The summed E-state index contributed by atoms with van der Waals surface area (Å²) in [5.74, 6) is -1.46. The molecule has 5 N–H and O–H groups in total. The maximum atomic E-state index is 11.2. The van der Waals surface area contributed by atoms with Crippen LogP contribution in [0.2, 0.25) is 0 Å². The van der Waals surface area contributed by atoms with Crippen LogP contribution < -0.4 is 11.1 Å². The Kier molecular flexibility index (Phi) is 5.98. The Hall–Kier alpha value is -1.14. The maximum absolute atomic E-state index is 11.2. The number of aliphatic carboxylic acids is 1. The molecule has 0 fully saturated rings. The molecule has 0 aromatic carbocycles. The lowest BCUT2D eigenvalue weighted by atomic mass is 10.00. The van der Waals surface area contributed by atoms with Gasteiger partial charge in [0.15, 0.2) is 6.10 Å². The van der Waals surface area contributed by atoms with Gasteiger partial charge in [-0.1, -0.05) is 0 Å². The number of aliphatic hydroxyl groups is 1. The summed E-state index contributed by atoms with van der Waals surface area (Å²) in [5, 5.41) is 19.8. The summed E-state index contributed by atoms with van der Waals surface area (Å²) in [4.78, 5) is 21.5. The fourth-order valence-corrected chi connectivity index (χ4v) is 0.996. The number of carbonyl (C=O) groups excluding carboxylic acids is 1. The Labute approximate surface area is 94.8 Å². The van der Waals surface area contributed by atoms with E-state index in [0.29, 0.717) is 12.8 Å². The fourth-order valence-electron chi connectivity index (χ4n) is 0.996. The molecule has 1 amide bonds. The van der Waals surface area contributed by atoms with Crippen LogP contribution in [0.5, 0.6) is 0 Å². The topological polar surface area (TPSA) is 113 Å². The summed E-state index contributed by atoms with van der Waals surface area (Å²) in [6.45, 7) is 3.81. The number of nitrogens with two attached hydrogens (primary N) is 1. The van der Waals surface area contributed by atoms with Gasteiger partial charge in [-0.25, -0.2) is 4.79 Å². The van der Waals surface area contributed by atoms with E-state index in [4.69, 9.17) is 15.9 Å². The molecule has 0 rings (SSSR count). The van der Waals surface area contributed by atoms with E-state index >= 15 is 0 Å². The number of carbonyl (C=O) groups is 2. The van der Waals surface area contributed by atoms with Gasteiger partial charge in [-0.15, -0.1) is 0 Å². The summed E-state index contributed by atoms with van der Waals surface area (Å²) < 4.78 is 0. The second kappa shape index (κ2) is 6.44. The van der Waals surface area contributed by atoms with Gasteiger partial charge in [0.1, 0.15) is 0 Å². The number of hydrogen-bond donors (Lipinski definition) is 4. The van der Waals surface area contributed by atoms with Gasteiger partial charge in [-0.2, -0.15) is 0 Å². The highest BCUT2D eigenvalue weighted by Gasteiger charge is 2.15. The molecular weight excluding hydrogens is 212 g/mol. The summed E-state index contributed by atoms with van der Waals surface area (Å²) in [6.07, 6.45) is -0.564. The molecule has 0 aliphatic carbocycles. The maximum Gasteiger partial charge on any atom is 0.332 e. The first kappa shape index (κ1) is 14.9. The van der Waals surface area contributed by atoms with Crippen molar-refractivity contribution in [2.45, 2.75) is 44.8 Å². The van der Waals surface area contributed by atoms with Crippen molar-refractivity contribution in [3.05, 3.63) is 0 Å². The van der Waals surface area contributed by atoms with E-state index in [1.54, 1.807) is 0 Å². The van der Waals surface area contributed by atoms with Crippen LogP contribution in [0.3, 0.4) is 0 Å². The number of hydrogen-bond acceptors (Lipinski definition) is 4. The molecule has 0 aliphatic heterocycles. The van der Waals surface area contributed by atoms with Gasteiger partial charge in [0.05, 0.1) is 0 Å². The van der Waals surface area contributed by atoms with Gasteiger partial charge in [0.25, 0.3) is 0 Å². The molecule has 0 bridgehead atoms. The van der Waals surface area contributed by atoms with Crippen LogP contribution in [-0.4, -0.2) is 40.3 Å². The number of carboxylic acid groups (broad SMARTS) is 1. The molecule has 1 atom stereocenters. The molecule has 0 aliphatic rings. The predicted molar refractivity (Wildman–Crippen MR) is 58.8 cm³/mol. The minimum absolute atomic E-state index is 0.00703. The quantitative estimate of drug-likeness (QED) is 0.470. The summed E-state index contributed by atoms with van der Waals surface area (Å²) in [7, 11) is 0. The highest BCUT2D eigenvalue weighted by molar-refractivity contribution is 5.76. The van der Waals surface area contributed by atoms with E-state index < -0.39 is 17.6 Å². The third-order valence-corrected chi connectivity index (χ3v) is 2.02. The van der Waals surface area contributed by atoms with Crippen LogP contribution in [0.25, 0.3) is 0 Å². The van der Waals surface area contributed by atoms with E-state index in [1.165, 1.54) is 0 Å². The van der Waals surface area contributed by atoms with Crippen LogP contribution >= 0.6 is 0 Å². The number of carboxylic acids is 1. The molecule has 6 nitrogen and oxygen atoms in total. The zero-order valence-electron chi connectivity index (χ0n) is 9.69. The highest BCUT2D eigenvalue weighted by Crippen LogP contribution is 2.06. The Morgan fingerprint density at radius 1 is 1.44 bits per heavy atom. The largest absolute Gasteiger partial charge is 0.479 e. The van der Waals surface area contributed by atoms with Gasteiger partial charge < -0.3 is 21.3 Å². The second-order valence-corrected chi connectivity index (χ2v) is 4.48. The SMILES string of the molecule is CC(C)(N)CCC(=O)NCC[C@H](O)C(=O)O. The van der Waals surface area contributed by atoms with Crippen molar-refractivity contribution < 1.29 is 19.8 Å². The average Bonchev–Trinajstić information content (AvgIpc) is 2.13.